The molecule has 4 saturated carbocycles. The summed E-state index contributed by atoms with van der Waals surface area (Å²) < 4.78 is 11.6. The van der Waals surface area contributed by atoms with E-state index in [0.29, 0.717) is 29.3 Å². The Bertz CT molecular complexity index is 632. The van der Waals surface area contributed by atoms with E-state index in [2.05, 4.69) is 27.7 Å². The van der Waals surface area contributed by atoms with Crippen molar-refractivity contribution in [3.63, 3.8) is 0 Å². The maximum atomic E-state index is 11.8. The van der Waals surface area contributed by atoms with Gasteiger partial charge in [-0.1, -0.05) is 40.5 Å². The summed E-state index contributed by atoms with van der Waals surface area (Å²) in [5.74, 6) is 4.59. The SMILES string of the molecule is CCCOC1CC2CCCCC2(C)C2CCC3(C)C(C(C)CCC(=O)OC)CCC3C12. The van der Waals surface area contributed by atoms with Gasteiger partial charge >= 0.3 is 5.97 Å². The second-order valence-electron chi connectivity index (χ2n) is 12.2. The van der Waals surface area contributed by atoms with Gasteiger partial charge in [0.2, 0.25) is 0 Å². The molecular formula is C28H48O3. The molecule has 178 valence electrons. The summed E-state index contributed by atoms with van der Waals surface area (Å²) in [6.45, 7) is 10.9. The van der Waals surface area contributed by atoms with Crippen LogP contribution in [0.5, 0.6) is 0 Å². The Hall–Kier alpha value is -0.570. The van der Waals surface area contributed by atoms with Crippen LogP contribution in [0.2, 0.25) is 0 Å². The lowest BCUT2D eigenvalue weighted by molar-refractivity contribution is -0.180. The van der Waals surface area contributed by atoms with E-state index in [0.717, 1.165) is 49.0 Å². The summed E-state index contributed by atoms with van der Waals surface area (Å²) >= 11 is 0. The second-order valence-corrected chi connectivity index (χ2v) is 12.2. The van der Waals surface area contributed by atoms with Crippen LogP contribution in [0, 0.1) is 46.3 Å². The van der Waals surface area contributed by atoms with E-state index in [-0.39, 0.29) is 5.97 Å². The Morgan fingerprint density at radius 3 is 2.55 bits per heavy atom. The van der Waals surface area contributed by atoms with Crippen LogP contribution in [0.3, 0.4) is 0 Å². The van der Waals surface area contributed by atoms with E-state index in [1.165, 1.54) is 64.9 Å². The van der Waals surface area contributed by atoms with E-state index >= 15 is 0 Å². The molecule has 4 aliphatic rings. The fourth-order valence-corrected chi connectivity index (χ4v) is 9.30. The summed E-state index contributed by atoms with van der Waals surface area (Å²) in [5, 5.41) is 0. The highest BCUT2D eigenvalue weighted by molar-refractivity contribution is 5.69. The lowest BCUT2D eigenvalue weighted by Gasteiger charge is -2.62. The molecule has 0 bridgehead atoms. The molecule has 0 amide bonds. The van der Waals surface area contributed by atoms with Crippen molar-refractivity contribution >= 4 is 5.97 Å². The van der Waals surface area contributed by atoms with Gasteiger partial charge in [-0.25, -0.2) is 0 Å². The molecule has 4 aliphatic carbocycles. The van der Waals surface area contributed by atoms with E-state index in [9.17, 15) is 4.79 Å². The Labute approximate surface area is 191 Å². The summed E-state index contributed by atoms with van der Waals surface area (Å²) in [6.07, 6.45) is 15.7. The molecular weight excluding hydrogens is 384 g/mol. The Morgan fingerprint density at radius 1 is 1.03 bits per heavy atom. The fraction of sp³-hybridized carbons (Fsp3) is 0.964. The van der Waals surface area contributed by atoms with Crippen molar-refractivity contribution in [1.29, 1.82) is 0 Å². The average Bonchev–Trinajstić information content (AvgIpc) is 3.12. The zero-order valence-electron chi connectivity index (χ0n) is 21.0. The molecule has 0 heterocycles. The molecule has 0 saturated heterocycles. The quantitative estimate of drug-likeness (QED) is 0.405. The van der Waals surface area contributed by atoms with E-state index in [1.54, 1.807) is 0 Å². The first-order chi connectivity index (χ1) is 14.8. The first kappa shape index (κ1) is 23.6. The number of carbonyl (C=O) groups is 1. The Kier molecular flexibility index (Phi) is 7.12. The van der Waals surface area contributed by atoms with Gasteiger partial charge < -0.3 is 9.47 Å². The monoisotopic (exact) mass is 432 g/mol. The molecule has 4 fully saturated rings. The third kappa shape index (κ3) is 4.11. The average molecular weight is 433 g/mol. The van der Waals surface area contributed by atoms with Crippen LogP contribution in [0.25, 0.3) is 0 Å². The van der Waals surface area contributed by atoms with Crippen molar-refractivity contribution in [3.8, 4) is 0 Å². The van der Waals surface area contributed by atoms with Gasteiger partial charge in [-0.2, -0.15) is 0 Å². The van der Waals surface area contributed by atoms with Gasteiger partial charge in [0.1, 0.15) is 0 Å². The smallest absolute Gasteiger partial charge is 0.305 e. The first-order valence-corrected chi connectivity index (χ1v) is 13.5. The molecule has 0 aromatic rings. The van der Waals surface area contributed by atoms with Gasteiger partial charge in [0.05, 0.1) is 13.2 Å². The summed E-state index contributed by atoms with van der Waals surface area (Å²) in [7, 11) is 1.51. The third-order valence-corrected chi connectivity index (χ3v) is 10.9. The minimum atomic E-state index is -0.0492. The van der Waals surface area contributed by atoms with Gasteiger partial charge in [-0.3, -0.25) is 4.79 Å². The minimum absolute atomic E-state index is 0.0492. The predicted octanol–water partition coefficient (Wildman–Crippen LogP) is 7.03. The predicted molar refractivity (Wildman–Crippen MR) is 126 cm³/mol. The van der Waals surface area contributed by atoms with Crippen LogP contribution in [-0.2, 0) is 14.3 Å². The van der Waals surface area contributed by atoms with Gasteiger partial charge in [0.15, 0.2) is 0 Å². The molecule has 9 atom stereocenters. The summed E-state index contributed by atoms with van der Waals surface area (Å²) in [4.78, 5) is 11.8. The molecule has 0 aromatic carbocycles. The zero-order valence-corrected chi connectivity index (χ0v) is 21.0. The van der Waals surface area contributed by atoms with Crippen molar-refractivity contribution in [2.45, 2.75) is 111 Å². The summed E-state index contributed by atoms with van der Waals surface area (Å²) in [6, 6.07) is 0. The van der Waals surface area contributed by atoms with Crippen LogP contribution in [0.1, 0.15) is 105 Å². The fourth-order valence-electron chi connectivity index (χ4n) is 9.30. The number of methoxy groups -OCH3 is 1. The highest BCUT2D eigenvalue weighted by Crippen LogP contribution is 2.68. The molecule has 3 heteroatoms. The largest absolute Gasteiger partial charge is 0.469 e. The van der Waals surface area contributed by atoms with E-state index in [1.807, 2.05) is 0 Å². The highest BCUT2D eigenvalue weighted by Gasteiger charge is 2.62. The lowest BCUT2D eigenvalue weighted by Crippen LogP contribution is -2.58. The number of hydrogen-bond acceptors (Lipinski definition) is 3. The molecule has 9 unspecified atom stereocenters. The number of hydrogen-bond donors (Lipinski definition) is 0. The molecule has 31 heavy (non-hydrogen) atoms. The minimum Gasteiger partial charge on any atom is -0.469 e. The number of rotatable bonds is 7. The van der Waals surface area contributed by atoms with Crippen molar-refractivity contribution in [2.75, 3.05) is 13.7 Å². The molecule has 0 spiro atoms. The number of ether oxygens (including phenoxy) is 2. The molecule has 4 rings (SSSR count). The second kappa shape index (κ2) is 9.35. The van der Waals surface area contributed by atoms with Crippen LogP contribution < -0.4 is 0 Å². The number of fused-ring (bicyclic) bond motifs is 5. The molecule has 3 nitrogen and oxygen atoms in total. The van der Waals surface area contributed by atoms with Crippen molar-refractivity contribution in [2.24, 2.45) is 46.3 Å². The van der Waals surface area contributed by atoms with Gasteiger partial charge in [0, 0.05) is 13.0 Å². The number of carbonyl (C=O) groups excluding carboxylic acids is 1. The topological polar surface area (TPSA) is 35.5 Å². The van der Waals surface area contributed by atoms with Crippen LogP contribution >= 0.6 is 0 Å². The van der Waals surface area contributed by atoms with E-state index < -0.39 is 0 Å². The lowest BCUT2D eigenvalue weighted by atomic mass is 9.44. The molecule has 0 aromatic heterocycles. The highest BCUT2D eigenvalue weighted by atomic mass is 16.5. The zero-order chi connectivity index (χ0) is 22.2. The summed E-state index contributed by atoms with van der Waals surface area (Å²) in [5.41, 5.74) is 0.966. The maximum Gasteiger partial charge on any atom is 0.305 e. The molecule has 0 radical (unpaired) electrons. The van der Waals surface area contributed by atoms with Crippen molar-refractivity contribution in [1.82, 2.24) is 0 Å². The maximum absolute atomic E-state index is 11.8. The van der Waals surface area contributed by atoms with Gasteiger partial charge in [-0.05, 0) is 104 Å². The van der Waals surface area contributed by atoms with E-state index in [4.69, 9.17) is 9.47 Å². The van der Waals surface area contributed by atoms with Crippen LogP contribution in [-0.4, -0.2) is 25.8 Å². The Morgan fingerprint density at radius 2 is 1.81 bits per heavy atom. The first-order valence-electron chi connectivity index (χ1n) is 13.5. The van der Waals surface area contributed by atoms with Gasteiger partial charge in [-0.15, -0.1) is 0 Å². The standard InChI is InChI=1S/C28H48O3/c1-6-17-31-24-18-20-9-7-8-15-27(20,3)23-14-16-28(4)21(11-12-22(28)26(23)24)19(2)10-13-25(29)30-5/h19-24,26H,6-18H2,1-5H3. The van der Waals surface area contributed by atoms with Gasteiger partial charge in [0.25, 0.3) is 0 Å². The normalized spacial score (nSPS) is 45.3. The molecule has 0 N–H and O–H groups in total. The molecule has 0 aliphatic heterocycles. The van der Waals surface area contributed by atoms with Crippen LogP contribution in [0.4, 0.5) is 0 Å². The number of esters is 1. The van der Waals surface area contributed by atoms with Crippen LogP contribution in [0.15, 0.2) is 0 Å². The Balaban J connectivity index is 1.56. The third-order valence-electron chi connectivity index (χ3n) is 10.9. The van der Waals surface area contributed by atoms with Crippen molar-refractivity contribution in [3.05, 3.63) is 0 Å². The van der Waals surface area contributed by atoms with Crippen molar-refractivity contribution < 1.29 is 14.3 Å².